The van der Waals surface area contributed by atoms with Crippen LogP contribution >= 0.6 is 11.3 Å². The molecule has 0 unspecified atom stereocenters. The van der Waals surface area contributed by atoms with Crippen molar-refractivity contribution in [3.63, 3.8) is 0 Å². The predicted octanol–water partition coefficient (Wildman–Crippen LogP) is 2.30. The third-order valence-corrected chi connectivity index (χ3v) is 3.87. The van der Waals surface area contributed by atoms with Gasteiger partial charge in [-0.3, -0.25) is 0 Å². The highest BCUT2D eigenvalue weighted by Gasteiger charge is 2.16. The van der Waals surface area contributed by atoms with Gasteiger partial charge in [0.15, 0.2) is 0 Å². The normalized spacial score (nSPS) is 18.7. The molecule has 2 rings (SSSR count). The zero-order chi connectivity index (χ0) is 9.97. The van der Waals surface area contributed by atoms with Gasteiger partial charge in [0, 0.05) is 4.88 Å². The van der Waals surface area contributed by atoms with Gasteiger partial charge in [0.1, 0.15) is 0 Å². The summed E-state index contributed by atoms with van der Waals surface area (Å²) in [6.07, 6.45) is 3.82. The largest absolute Gasteiger partial charge is 0.317 e. The predicted molar refractivity (Wildman–Crippen MR) is 60.9 cm³/mol. The number of hydrogen-bond donors (Lipinski definition) is 1. The van der Waals surface area contributed by atoms with Gasteiger partial charge in [0.2, 0.25) is 0 Å². The zero-order valence-electron chi connectivity index (χ0n) is 8.97. The summed E-state index contributed by atoms with van der Waals surface area (Å²) < 4.78 is 0. The van der Waals surface area contributed by atoms with E-state index in [4.69, 9.17) is 0 Å². The van der Waals surface area contributed by atoms with E-state index in [9.17, 15) is 0 Å². The van der Waals surface area contributed by atoms with Crippen LogP contribution in [0, 0.1) is 19.8 Å². The van der Waals surface area contributed by atoms with Crippen LogP contribution in [-0.4, -0.2) is 18.1 Å². The van der Waals surface area contributed by atoms with Gasteiger partial charge in [-0.05, 0) is 52.1 Å². The smallest absolute Gasteiger partial charge is 0.0900 e. The monoisotopic (exact) mass is 210 g/mol. The van der Waals surface area contributed by atoms with Crippen molar-refractivity contribution < 1.29 is 0 Å². The Labute approximate surface area is 89.8 Å². The van der Waals surface area contributed by atoms with Crippen molar-refractivity contribution in [1.29, 1.82) is 0 Å². The Morgan fingerprint density at radius 2 is 2.07 bits per heavy atom. The molecule has 1 aromatic rings. The van der Waals surface area contributed by atoms with E-state index in [1.807, 2.05) is 11.3 Å². The molecule has 0 spiro atoms. The second kappa shape index (κ2) is 4.41. The lowest BCUT2D eigenvalue weighted by Gasteiger charge is -2.21. The van der Waals surface area contributed by atoms with Gasteiger partial charge in [-0.1, -0.05) is 0 Å². The summed E-state index contributed by atoms with van der Waals surface area (Å²) in [5.74, 6) is 0.858. The number of aromatic nitrogens is 1. The molecule has 2 nitrogen and oxygen atoms in total. The van der Waals surface area contributed by atoms with E-state index in [1.165, 1.54) is 47.9 Å². The molecule has 1 N–H and O–H groups in total. The van der Waals surface area contributed by atoms with E-state index in [0.717, 1.165) is 5.92 Å². The van der Waals surface area contributed by atoms with Gasteiger partial charge in [-0.15, -0.1) is 11.3 Å². The summed E-state index contributed by atoms with van der Waals surface area (Å²) in [7, 11) is 0. The molecule has 1 fully saturated rings. The van der Waals surface area contributed by atoms with Crippen LogP contribution in [0.4, 0.5) is 0 Å². The molecule has 0 aromatic carbocycles. The van der Waals surface area contributed by atoms with Gasteiger partial charge < -0.3 is 5.32 Å². The van der Waals surface area contributed by atoms with E-state index >= 15 is 0 Å². The van der Waals surface area contributed by atoms with Crippen molar-refractivity contribution in [2.24, 2.45) is 5.92 Å². The van der Waals surface area contributed by atoms with Crippen LogP contribution in [0.15, 0.2) is 0 Å². The first-order valence-corrected chi connectivity index (χ1v) is 6.21. The van der Waals surface area contributed by atoms with Crippen molar-refractivity contribution >= 4 is 11.3 Å². The maximum atomic E-state index is 4.60. The fraction of sp³-hybridized carbons (Fsp3) is 0.727. The highest BCUT2D eigenvalue weighted by Crippen LogP contribution is 2.23. The van der Waals surface area contributed by atoms with Crippen LogP contribution in [0.1, 0.15) is 28.4 Å². The Morgan fingerprint density at radius 1 is 1.36 bits per heavy atom. The van der Waals surface area contributed by atoms with Crippen molar-refractivity contribution in [2.45, 2.75) is 33.1 Å². The Morgan fingerprint density at radius 3 is 2.64 bits per heavy atom. The van der Waals surface area contributed by atoms with E-state index in [-0.39, 0.29) is 0 Å². The lowest BCUT2D eigenvalue weighted by Crippen LogP contribution is -2.28. The van der Waals surface area contributed by atoms with E-state index in [0.29, 0.717) is 0 Å². The molecule has 0 radical (unpaired) electrons. The number of piperidine rings is 1. The van der Waals surface area contributed by atoms with Gasteiger partial charge in [0.25, 0.3) is 0 Å². The minimum absolute atomic E-state index is 0.858. The van der Waals surface area contributed by atoms with Crippen molar-refractivity contribution in [3.8, 4) is 0 Å². The maximum absolute atomic E-state index is 4.60. The second-order valence-corrected chi connectivity index (χ2v) is 5.54. The zero-order valence-corrected chi connectivity index (χ0v) is 9.78. The summed E-state index contributed by atoms with van der Waals surface area (Å²) >= 11 is 1.83. The van der Waals surface area contributed by atoms with Crippen LogP contribution in [0.5, 0.6) is 0 Å². The van der Waals surface area contributed by atoms with Gasteiger partial charge in [-0.2, -0.15) is 0 Å². The van der Waals surface area contributed by atoms with E-state index in [1.54, 1.807) is 0 Å². The van der Waals surface area contributed by atoms with Crippen LogP contribution in [0.3, 0.4) is 0 Å². The van der Waals surface area contributed by atoms with E-state index < -0.39 is 0 Å². The van der Waals surface area contributed by atoms with Crippen LogP contribution in [0.2, 0.25) is 0 Å². The number of nitrogens with zero attached hydrogens (tertiary/aromatic N) is 1. The molecule has 0 amide bonds. The molecule has 1 saturated heterocycles. The van der Waals surface area contributed by atoms with Crippen molar-refractivity contribution in [3.05, 3.63) is 15.6 Å². The third kappa shape index (κ3) is 2.34. The quantitative estimate of drug-likeness (QED) is 0.810. The fourth-order valence-corrected chi connectivity index (χ4v) is 2.97. The average molecular weight is 210 g/mol. The Kier molecular flexibility index (Phi) is 3.19. The molecular weight excluding hydrogens is 192 g/mol. The Balaban J connectivity index is 1.98. The molecule has 0 aliphatic carbocycles. The molecule has 1 aliphatic rings. The topological polar surface area (TPSA) is 24.9 Å². The second-order valence-electron chi connectivity index (χ2n) is 4.13. The molecule has 1 aromatic heterocycles. The Bertz CT molecular complexity index is 300. The minimum Gasteiger partial charge on any atom is -0.317 e. The van der Waals surface area contributed by atoms with Gasteiger partial charge in [-0.25, -0.2) is 4.98 Å². The molecule has 2 heterocycles. The maximum Gasteiger partial charge on any atom is 0.0900 e. The molecule has 1 aliphatic heterocycles. The SMILES string of the molecule is Cc1nc(CC2CCNCC2)c(C)s1. The van der Waals surface area contributed by atoms with Crippen molar-refractivity contribution in [2.75, 3.05) is 13.1 Å². The van der Waals surface area contributed by atoms with Crippen LogP contribution in [0.25, 0.3) is 0 Å². The molecule has 78 valence electrons. The third-order valence-electron chi connectivity index (χ3n) is 2.94. The molecule has 0 saturated carbocycles. The molecule has 14 heavy (non-hydrogen) atoms. The summed E-state index contributed by atoms with van der Waals surface area (Å²) in [5, 5.41) is 4.62. The number of nitrogens with one attached hydrogen (secondary N) is 1. The average Bonchev–Trinajstić information content (AvgIpc) is 2.47. The summed E-state index contributed by atoms with van der Waals surface area (Å²) in [4.78, 5) is 6.02. The number of rotatable bonds is 2. The highest BCUT2D eigenvalue weighted by atomic mass is 32.1. The summed E-state index contributed by atoms with van der Waals surface area (Å²) in [5.41, 5.74) is 1.35. The van der Waals surface area contributed by atoms with Crippen LogP contribution in [-0.2, 0) is 6.42 Å². The molecule has 0 bridgehead atoms. The van der Waals surface area contributed by atoms with Gasteiger partial charge in [0.05, 0.1) is 10.7 Å². The van der Waals surface area contributed by atoms with E-state index in [2.05, 4.69) is 24.1 Å². The number of hydrogen-bond acceptors (Lipinski definition) is 3. The first-order chi connectivity index (χ1) is 6.75. The first-order valence-electron chi connectivity index (χ1n) is 5.39. The van der Waals surface area contributed by atoms with Gasteiger partial charge >= 0.3 is 0 Å². The number of aryl methyl sites for hydroxylation is 2. The lowest BCUT2D eigenvalue weighted by atomic mass is 9.93. The van der Waals surface area contributed by atoms with Crippen LogP contribution < -0.4 is 5.32 Å². The lowest BCUT2D eigenvalue weighted by molar-refractivity contribution is 0.370. The molecule has 0 atom stereocenters. The standard InChI is InChI=1S/C11H18N2S/c1-8-11(13-9(2)14-8)7-10-3-5-12-6-4-10/h10,12H,3-7H2,1-2H3. The molecular formula is C11H18N2S. The summed E-state index contributed by atoms with van der Waals surface area (Å²) in [6, 6.07) is 0. The molecule has 3 heteroatoms. The summed E-state index contributed by atoms with van der Waals surface area (Å²) in [6.45, 7) is 6.67. The number of thiazole rings is 1. The fourth-order valence-electron chi connectivity index (χ4n) is 2.12. The highest BCUT2D eigenvalue weighted by molar-refractivity contribution is 7.11. The Hall–Kier alpha value is -0.410. The first kappa shape index (κ1) is 10.1. The minimum atomic E-state index is 0.858. The van der Waals surface area contributed by atoms with Crippen molar-refractivity contribution in [1.82, 2.24) is 10.3 Å².